The molecule has 1 heterocycles. The van der Waals surface area contributed by atoms with Gasteiger partial charge in [0.1, 0.15) is 16.5 Å². The lowest BCUT2D eigenvalue weighted by molar-refractivity contribution is -0.107. The second-order valence-corrected chi connectivity index (χ2v) is 3.89. The van der Waals surface area contributed by atoms with Gasteiger partial charge in [0.15, 0.2) is 5.58 Å². The summed E-state index contributed by atoms with van der Waals surface area (Å²) in [6, 6.07) is 3.75. The van der Waals surface area contributed by atoms with Gasteiger partial charge in [-0.2, -0.15) is 0 Å². The normalized spacial score (nSPS) is 10.5. The fourth-order valence-corrected chi connectivity index (χ4v) is 2.31. The molecule has 1 aromatic heterocycles. The molecule has 0 aliphatic heterocycles. The van der Waals surface area contributed by atoms with Crippen LogP contribution >= 0.6 is 15.9 Å². The first-order valence-corrected chi connectivity index (χ1v) is 5.23. The van der Waals surface area contributed by atoms with Crippen LogP contribution in [0.15, 0.2) is 27.3 Å². The Morgan fingerprint density at radius 1 is 1.60 bits per heavy atom. The molecule has 0 atom stereocenters. The third kappa shape index (κ3) is 1.65. The van der Waals surface area contributed by atoms with Gasteiger partial charge in [0, 0.05) is 17.4 Å². The van der Waals surface area contributed by atoms with Gasteiger partial charge in [-0.1, -0.05) is 0 Å². The van der Waals surface area contributed by atoms with Gasteiger partial charge in [-0.25, -0.2) is 0 Å². The number of aldehydes is 1. The zero-order valence-electron chi connectivity index (χ0n) is 8.12. The van der Waals surface area contributed by atoms with E-state index in [1.807, 2.05) is 12.1 Å². The summed E-state index contributed by atoms with van der Waals surface area (Å²) in [5, 5.41) is 0.958. The number of halogens is 1. The lowest BCUT2D eigenvalue weighted by Gasteiger charge is -2.08. The molecule has 0 unspecified atom stereocenters. The van der Waals surface area contributed by atoms with Crippen molar-refractivity contribution in [3.63, 3.8) is 0 Å². The van der Waals surface area contributed by atoms with Crippen molar-refractivity contribution in [2.75, 3.05) is 7.11 Å². The van der Waals surface area contributed by atoms with Crippen molar-refractivity contribution in [2.45, 2.75) is 6.42 Å². The Morgan fingerprint density at radius 3 is 3.07 bits per heavy atom. The highest BCUT2D eigenvalue weighted by Crippen LogP contribution is 2.37. The molecule has 0 N–H and O–H groups in total. The number of methoxy groups -OCH3 is 1. The van der Waals surface area contributed by atoms with E-state index in [9.17, 15) is 4.79 Å². The Morgan fingerprint density at radius 2 is 2.40 bits per heavy atom. The molecule has 0 saturated heterocycles. The minimum atomic E-state index is 0.336. The molecule has 0 spiro atoms. The molecule has 0 aliphatic rings. The monoisotopic (exact) mass is 268 g/mol. The molecule has 0 saturated carbocycles. The van der Waals surface area contributed by atoms with Crippen molar-refractivity contribution in [2.24, 2.45) is 0 Å². The zero-order chi connectivity index (χ0) is 10.8. The van der Waals surface area contributed by atoms with Gasteiger partial charge in [-0.3, -0.25) is 0 Å². The summed E-state index contributed by atoms with van der Waals surface area (Å²) in [5.74, 6) is 0.657. The van der Waals surface area contributed by atoms with Crippen molar-refractivity contribution in [3.05, 3.63) is 28.4 Å². The van der Waals surface area contributed by atoms with Crippen molar-refractivity contribution >= 4 is 33.2 Å². The van der Waals surface area contributed by atoms with E-state index in [1.165, 1.54) is 0 Å². The van der Waals surface area contributed by atoms with Crippen molar-refractivity contribution in [1.29, 1.82) is 0 Å². The van der Waals surface area contributed by atoms with Crippen LogP contribution in [0.1, 0.15) is 5.56 Å². The molecule has 2 aromatic rings. The second-order valence-electron chi connectivity index (χ2n) is 3.09. The number of hydrogen-bond acceptors (Lipinski definition) is 3. The number of rotatable bonds is 3. The Kier molecular flexibility index (Phi) is 2.77. The highest BCUT2D eigenvalue weighted by Gasteiger charge is 2.13. The summed E-state index contributed by atoms with van der Waals surface area (Å²) >= 11 is 3.41. The van der Waals surface area contributed by atoms with Gasteiger partial charge in [-0.05, 0) is 28.1 Å². The van der Waals surface area contributed by atoms with Crippen molar-refractivity contribution in [1.82, 2.24) is 0 Å². The number of benzene rings is 1. The molecule has 1 aromatic carbocycles. The molecule has 0 fully saturated rings. The smallest absolute Gasteiger partial charge is 0.151 e. The van der Waals surface area contributed by atoms with Gasteiger partial charge in [0.2, 0.25) is 0 Å². The molecule has 0 radical (unpaired) electrons. The first-order valence-electron chi connectivity index (χ1n) is 4.44. The number of carbonyl (C=O) groups excluding carboxylic acids is 1. The van der Waals surface area contributed by atoms with Crippen molar-refractivity contribution < 1.29 is 13.9 Å². The molecule has 3 nitrogen and oxygen atoms in total. The maximum atomic E-state index is 10.5. The van der Waals surface area contributed by atoms with Gasteiger partial charge in [-0.15, -0.1) is 0 Å². The van der Waals surface area contributed by atoms with Gasteiger partial charge in [0.05, 0.1) is 13.4 Å². The van der Waals surface area contributed by atoms with Crippen LogP contribution in [0.2, 0.25) is 0 Å². The Labute approximate surface area is 95.1 Å². The summed E-state index contributed by atoms with van der Waals surface area (Å²) in [4.78, 5) is 10.5. The molecule has 15 heavy (non-hydrogen) atoms. The summed E-state index contributed by atoms with van der Waals surface area (Å²) in [6.07, 6.45) is 2.80. The summed E-state index contributed by atoms with van der Waals surface area (Å²) < 4.78 is 11.3. The minimum Gasteiger partial charge on any atom is -0.495 e. The summed E-state index contributed by atoms with van der Waals surface area (Å²) in [6.45, 7) is 0. The van der Waals surface area contributed by atoms with E-state index in [0.29, 0.717) is 12.2 Å². The SMILES string of the molecule is COc1c(CC=O)cc2ccoc2c1Br. The molecule has 0 bridgehead atoms. The van der Waals surface area contributed by atoms with Gasteiger partial charge in [0.25, 0.3) is 0 Å². The third-order valence-corrected chi connectivity index (χ3v) is 2.94. The summed E-state index contributed by atoms with van der Waals surface area (Å²) in [7, 11) is 1.57. The first-order chi connectivity index (χ1) is 7.27. The largest absolute Gasteiger partial charge is 0.495 e. The average Bonchev–Trinajstić information content (AvgIpc) is 2.67. The molecular formula is C11H9BrO3. The highest BCUT2D eigenvalue weighted by molar-refractivity contribution is 9.10. The lowest BCUT2D eigenvalue weighted by atomic mass is 10.1. The van der Waals surface area contributed by atoms with E-state index in [4.69, 9.17) is 9.15 Å². The zero-order valence-corrected chi connectivity index (χ0v) is 9.71. The number of ether oxygens (including phenoxy) is 1. The van der Waals surface area contributed by atoms with Crippen LogP contribution in [-0.2, 0) is 11.2 Å². The fraction of sp³-hybridized carbons (Fsp3) is 0.182. The van der Waals surface area contributed by atoms with E-state index in [-0.39, 0.29) is 0 Å². The van der Waals surface area contributed by atoms with Crippen LogP contribution in [0, 0.1) is 0 Å². The first kappa shape index (κ1) is 10.2. The number of hydrogen-bond donors (Lipinski definition) is 0. The molecule has 78 valence electrons. The average molecular weight is 269 g/mol. The quantitative estimate of drug-likeness (QED) is 0.804. The van der Waals surface area contributed by atoms with Crippen LogP contribution in [0.4, 0.5) is 0 Å². The maximum absolute atomic E-state index is 10.5. The molecule has 4 heteroatoms. The molecule has 0 amide bonds. The van der Waals surface area contributed by atoms with Crippen LogP contribution in [0.5, 0.6) is 5.75 Å². The van der Waals surface area contributed by atoms with Gasteiger partial charge < -0.3 is 13.9 Å². The lowest BCUT2D eigenvalue weighted by Crippen LogP contribution is -1.94. The third-order valence-electron chi connectivity index (χ3n) is 2.22. The Balaban J connectivity index is 2.72. The van der Waals surface area contributed by atoms with Crippen LogP contribution in [-0.4, -0.2) is 13.4 Å². The number of furan rings is 1. The Hall–Kier alpha value is -1.29. The van der Waals surface area contributed by atoms with E-state index in [1.54, 1.807) is 13.4 Å². The predicted octanol–water partition coefficient (Wildman–Crippen LogP) is 2.95. The van der Waals surface area contributed by atoms with Crippen LogP contribution < -0.4 is 4.74 Å². The Bertz CT molecular complexity index is 502. The number of fused-ring (bicyclic) bond motifs is 1. The molecule has 2 rings (SSSR count). The molecule has 0 aliphatic carbocycles. The van der Waals surface area contributed by atoms with E-state index < -0.39 is 0 Å². The maximum Gasteiger partial charge on any atom is 0.151 e. The second kappa shape index (κ2) is 4.06. The van der Waals surface area contributed by atoms with Crippen LogP contribution in [0.25, 0.3) is 11.0 Å². The van der Waals surface area contributed by atoms with Crippen molar-refractivity contribution in [3.8, 4) is 5.75 Å². The fourth-order valence-electron chi connectivity index (χ4n) is 1.57. The highest BCUT2D eigenvalue weighted by atomic mass is 79.9. The van der Waals surface area contributed by atoms with Crippen LogP contribution in [0.3, 0.4) is 0 Å². The standard InChI is InChI=1S/C11H9BrO3/c1-14-10-7(2-4-13)6-8-3-5-15-11(8)9(10)12/h3-6H,2H2,1H3. The topological polar surface area (TPSA) is 39.4 Å². The minimum absolute atomic E-state index is 0.336. The molecular weight excluding hydrogens is 260 g/mol. The summed E-state index contributed by atoms with van der Waals surface area (Å²) in [5.41, 5.74) is 1.59. The van der Waals surface area contributed by atoms with E-state index >= 15 is 0 Å². The predicted molar refractivity (Wildman–Crippen MR) is 60.2 cm³/mol. The number of carbonyl (C=O) groups is 1. The van der Waals surface area contributed by atoms with E-state index in [2.05, 4.69) is 15.9 Å². The van der Waals surface area contributed by atoms with Gasteiger partial charge >= 0.3 is 0 Å². The van der Waals surface area contributed by atoms with E-state index in [0.717, 1.165) is 27.3 Å².